The first kappa shape index (κ1) is 12.0. The molecule has 0 aliphatic rings. The highest BCUT2D eigenvalue weighted by molar-refractivity contribution is 5.91. The zero-order valence-electron chi connectivity index (χ0n) is 8.87. The van der Waals surface area contributed by atoms with Crippen molar-refractivity contribution in [2.24, 2.45) is 0 Å². The van der Waals surface area contributed by atoms with E-state index in [4.69, 9.17) is 6.42 Å². The maximum Gasteiger partial charge on any atom is 0.331 e. The predicted molar refractivity (Wildman–Crippen MR) is 59.8 cm³/mol. The van der Waals surface area contributed by atoms with Gasteiger partial charge in [0.25, 0.3) is 0 Å². The number of ether oxygens (including phenoxy) is 1. The number of hydrogen-bond acceptors (Lipinski definition) is 2. The molecule has 1 aromatic rings. The summed E-state index contributed by atoms with van der Waals surface area (Å²) in [7, 11) is 0. The van der Waals surface area contributed by atoms with E-state index in [2.05, 4.69) is 10.7 Å². The molecule has 0 fully saturated rings. The van der Waals surface area contributed by atoms with Crippen LogP contribution in [0.25, 0.3) is 5.57 Å². The Hall–Kier alpha value is -2.08. The number of rotatable bonds is 3. The summed E-state index contributed by atoms with van der Waals surface area (Å²) >= 11 is 0. The Balaban J connectivity index is 2.82. The van der Waals surface area contributed by atoms with E-state index in [1.165, 1.54) is 12.1 Å². The van der Waals surface area contributed by atoms with Crippen molar-refractivity contribution in [2.75, 3.05) is 6.61 Å². The second-order valence-electron chi connectivity index (χ2n) is 3.12. The van der Waals surface area contributed by atoms with Crippen molar-refractivity contribution < 1.29 is 13.9 Å². The fourth-order valence-electron chi connectivity index (χ4n) is 1.19. The van der Waals surface area contributed by atoms with Crippen LogP contribution in [-0.4, -0.2) is 12.6 Å². The van der Waals surface area contributed by atoms with E-state index in [1.807, 2.05) is 0 Å². The molecule has 0 aliphatic heterocycles. The van der Waals surface area contributed by atoms with E-state index >= 15 is 0 Å². The van der Waals surface area contributed by atoms with Gasteiger partial charge in [-0.3, -0.25) is 0 Å². The van der Waals surface area contributed by atoms with E-state index in [9.17, 15) is 9.18 Å². The van der Waals surface area contributed by atoms with Crippen LogP contribution >= 0.6 is 0 Å². The molecular formula is C13H11FO2. The minimum Gasteiger partial charge on any atom is -0.449 e. The molecule has 0 unspecified atom stereocenters. The molecule has 16 heavy (non-hydrogen) atoms. The van der Waals surface area contributed by atoms with Crippen molar-refractivity contribution >= 4 is 11.5 Å². The summed E-state index contributed by atoms with van der Waals surface area (Å²) in [6.45, 7) is 1.55. The van der Waals surface area contributed by atoms with Gasteiger partial charge in [-0.15, -0.1) is 6.42 Å². The van der Waals surface area contributed by atoms with Gasteiger partial charge in [-0.1, -0.05) is 24.1 Å². The Morgan fingerprint density at radius 1 is 1.56 bits per heavy atom. The molecule has 1 rings (SSSR count). The minimum absolute atomic E-state index is 0.0834. The first-order valence-corrected chi connectivity index (χ1v) is 4.68. The van der Waals surface area contributed by atoms with Gasteiger partial charge in [0, 0.05) is 11.6 Å². The molecule has 3 heteroatoms. The van der Waals surface area contributed by atoms with Gasteiger partial charge in [0.05, 0.1) is 0 Å². The van der Waals surface area contributed by atoms with Gasteiger partial charge < -0.3 is 4.74 Å². The monoisotopic (exact) mass is 218 g/mol. The topological polar surface area (TPSA) is 26.3 Å². The summed E-state index contributed by atoms with van der Waals surface area (Å²) < 4.78 is 18.0. The lowest BCUT2D eigenvalue weighted by Gasteiger charge is -2.02. The average Bonchev–Trinajstić information content (AvgIpc) is 2.26. The number of esters is 1. The predicted octanol–water partition coefficient (Wildman–Crippen LogP) is 2.41. The van der Waals surface area contributed by atoms with Crippen molar-refractivity contribution in [3.8, 4) is 12.3 Å². The van der Waals surface area contributed by atoms with E-state index in [-0.39, 0.29) is 12.4 Å². The van der Waals surface area contributed by atoms with Crippen LogP contribution in [0.3, 0.4) is 0 Å². The van der Waals surface area contributed by atoms with Crippen molar-refractivity contribution in [1.82, 2.24) is 0 Å². The quantitative estimate of drug-likeness (QED) is 0.442. The fourth-order valence-corrected chi connectivity index (χ4v) is 1.19. The van der Waals surface area contributed by atoms with Gasteiger partial charge in [-0.05, 0) is 18.6 Å². The molecule has 2 nitrogen and oxygen atoms in total. The van der Waals surface area contributed by atoms with Gasteiger partial charge in [-0.25, -0.2) is 9.18 Å². The lowest BCUT2D eigenvalue weighted by Crippen LogP contribution is -2.01. The largest absolute Gasteiger partial charge is 0.449 e. The van der Waals surface area contributed by atoms with Gasteiger partial charge in [0.1, 0.15) is 5.82 Å². The van der Waals surface area contributed by atoms with Crippen LogP contribution in [-0.2, 0) is 9.53 Å². The van der Waals surface area contributed by atoms with E-state index in [1.54, 1.807) is 25.1 Å². The van der Waals surface area contributed by atoms with Crippen LogP contribution in [0.5, 0.6) is 0 Å². The fraction of sp³-hybridized carbons (Fsp3) is 0.154. The number of terminal acetylenes is 1. The second kappa shape index (κ2) is 5.72. The molecule has 82 valence electrons. The van der Waals surface area contributed by atoms with Gasteiger partial charge in [-0.2, -0.15) is 0 Å². The van der Waals surface area contributed by atoms with Crippen LogP contribution in [0.15, 0.2) is 30.3 Å². The molecule has 0 amide bonds. The van der Waals surface area contributed by atoms with Gasteiger partial charge in [0.15, 0.2) is 6.61 Å². The summed E-state index contributed by atoms with van der Waals surface area (Å²) in [5.41, 5.74) is 0.875. The third kappa shape index (κ3) is 3.25. The Morgan fingerprint density at radius 2 is 2.25 bits per heavy atom. The molecular weight excluding hydrogens is 207 g/mol. The standard InChI is InChI=1S/C13H11FO2/c1-3-8-16-13(15)9-10(2)11-6-4-5-7-12(11)14/h1,4-7,9H,8H2,2H3. The number of carbonyl (C=O) groups excluding carboxylic acids is 1. The van der Waals surface area contributed by atoms with Crippen LogP contribution in [0.1, 0.15) is 12.5 Å². The number of carbonyl (C=O) groups is 1. The summed E-state index contributed by atoms with van der Waals surface area (Å²) in [6, 6.07) is 6.21. The number of halogens is 1. The smallest absolute Gasteiger partial charge is 0.331 e. The molecule has 0 saturated heterocycles. The third-order valence-corrected chi connectivity index (χ3v) is 1.93. The highest BCUT2D eigenvalue weighted by atomic mass is 19.1. The van der Waals surface area contributed by atoms with Gasteiger partial charge in [0.2, 0.25) is 0 Å². The van der Waals surface area contributed by atoms with E-state index < -0.39 is 5.97 Å². The first-order valence-electron chi connectivity index (χ1n) is 4.68. The SMILES string of the molecule is C#CCOC(=O)C=C(C)c1ccccc1F. The Bertz CT molecular complexity index is 455. The molecule has 0 radical (unpaired) electrons. The Kier molecular flexibility index (Phi) is 4.28. The lowest BCUT2D eigenvalue weighted by atomic mass is 10.1. The zero-order chi connectivity index (χ0) is 12.0. The second-order valence-corrected chi connectivity index (χ2v) is 3.12. The number of benzene rings is 1. The lowest BCUT2D eigenvalue weighted by molar-refractivity contribution is -0.136. The summed E-state index contributed by atoms with van der Waals surface area (Å²) in [5.74, 6) is 1.23. The van der Waals surface area contributed by atoms with Gasteiger partial charge >= 0.3 is 5.97 Å². The van der Waals surface area contributed by atoms with Crippen LogP contribution in [0, 0.1) is 18.2 Å². The molecule has 0 N–H and O–H groups in total. The van der Waals surface area contributed by atoms with E-state index in [0.29, 0.717) is 11.1 Å². The van der Waals surface area contributed by atoms with Crippen LogP contribution in [0.4, 0.5) is 4.39 Å². The maximum absolute atomic E-state index is 13.3. The highest BCUT2D eigenvalue weighted by Crippen LogP contribution is 2.17. The zero-order valence-corrected chi connectivity index (χ0v) is 8.87. The molecule has 0 spiro atoms. The van der Waals surface area contributed by atoms with E-state index in [0.717, 1.165) is 0 Å². The molecule has 0 heterocycles. The molecule has 0 saturated carbocycles. The molecule has 0 bridgehead atoms. The van der Waals surface area contributed by atoms with Crippen molar-refractivity contribution in [1.29, 1.82) is 0 Å². The molecule has 1 aromatic carbocycles. The van der Waals surface area contributed by atoms with Crippen molar-refractivity contribution in [3.05, 3.63) is 41.7 Å². The molecule has 0 aliphatic carbocycles. The number of allylic oxidation sites excluding steroid dienone is 1. The Labute approximate surface area is 93.7 Å². The van der Waals surface area contributed by atoms with Crippen molar-refractivity contribution in [2.45, 2.75) is 6.92 Å². The molecule has 0 aromatic heterocycles. The van der Waals surface area contributed by atoms with Crippen LogP contribution < -0.4 is 0 Å². The van der Waals surface area contributed by atoms with Crippen LogP contribution in [0.2, 0.25) is 0 Å². The van der Waals surface area contributed by atoms with Crippen molar-refractivity contribution in [3.63, 3.8) is 0 Å². The number of hydrogen-bond donors (Lipinski definition) is 0. The maximum atomic E-state index is 13.3. The molecule has 0 atom stereocenters. The normalized spacial score (nSPS) is 10.7. The third-order valence-electron chi connectivity index (χ3n) is 1.93. The minimum atomic E-state index is -0.571. The Morgan fingerprint density at radius 3 is 2.88 bits per heavy atom. The average molecular weight is 218 g/mol. The summed E-state index contributed by atoms with van der Waals surface area (Å²) in [5, 5.41) is 0. The highest BCUT2D eigenvalue weighted by Gasteiger charge is 2.05. The first-order chi connectivity index (χ1) is 7.65. The summed E-state index contributed by atoms with van der Waals surface area (Å²) in [4.78, 5) is 11.2. The summed E-state index contributed by atoms with van der Waals surface area (Å²) in [6.07, 6.45) is 6.15.